The van der Waals surface area contributed by atoms with E-state index in [-0.39, 0.29) is 0 Å². The van der Waals surface area contributed by atoms with Gasteiger partial charge in [-0.1, -0.05) is 0 Å². The third kappa shape index (κ3) is 2.20. The van der Waals surface area contributed by atoms with Crippen molar-refractivity contribution >= 4 is 17.3 Å². The average molecular weight is 216 g/mol. The van der Waals surface area contributed by atoms with Crippen LogP contribution in [0.15, 0.2) is 36.7 Å². The van der Waals surface area contributed by atoms with E-state index >= 15 is 0 Å². The zero-order valence-electron chi connectivity index (χ0n) is 8.84. The van der Waals surface area contributed by atoms with E-state index in [0.717, 1.165) is 11.4 Å². The molecule has 0 aliphatic carbocycles. The molecule has 1 aromatic carbocycles. The molecule has 0 unspecified atom stereocenters. The highest BCUT2D eigenvalue weighted by Crippen LogP contribution is 2.20. The van der Waals surface area contributed by atoms with Crippen LogP contribution < -0.4 is 15.8 Å². The molecule has 5 nitrogen and oxygen atoms in total. The zero-order valence-corrected chi connectivity index (χ0v) is 8.84. The molecule has 0 bridgehead atoms. The van der Waals surface area contributed by atoms with Crippen LogP contribution in [0.1, 0.15) is 0 Å². The van der Waals surface area contributed by atoms with Crippen molar-refractivity contribution in [3.05, 3.63) is 36.7 Å². The molecule has 0 atom stereocenters. The third-order valence-corrected chi connectivity index (χ3v) is 2.08. The van der Waals surface area contributed by atoms with Crippen molar-refractivity contribution in [2.75, 3.05) is 18.2 Å². The van der Waals surface area contributed by atoms with E-state index in [2.05, 4.69) is 15.3 Å². The van der Waals surface area contributed by atoms with E-state index < -0.39 is 0 Å². The van der Waals surface area contributed by atoms with E-state index in [4.69, 9.17) is 10.5 Å². The molecule has 0 spiro atoms. The maximum atomic E-state index is 5.66. The molecule has 1 aromatic heterocycles. The number of methoxy groups -OCH3 is 1. The van der Waals surface area contributed by atoms with Crippen molar-refractivity contribution in [3.8, 4) is 5.75 Å². The molecule has 0 fully saturated rings. The summed E-state index contributed by atoms with van der Waals surface area (Å²) in [4.78, 5) is 8.02. The van der Waals surface area contributed by atoms with Crippen LogP contribution in [0.2, 0.25) is 0 Å². The van der Waals surface area contributed by atoms with Crippen molar-refractivity contribution in [3.63, 3.8) is 0 Å². The number of anilines is 3. The van der Waals surface area contributed by atoms with E-state index in [9.17, 15) is 0 Å². The van der Waals surface area contributed by atoms with Gasteiger partial charge >= 0.3 is 0 Å². The number of ether oxygens (including phenoxy) is 1. The Hall–Kier alpha value is -2.30. The Balaban J connectivity index is 2.18. The smallest absolute Gasteiger partial charge is 0.173 e. The SMILES string of the molecule is COc1ccc(Nc2nccnc2N)cc1. The Labute approximate surface area is 93.3 Å². The second-order valence-corrected chi connectivity index (χ2v) is 3.14. The summed E-state index contributed by atoms with van der Waals surface area (Å²) in [7, 11) is 1.63. The minimum Gasteiger partial charge on any atom is -0.497 e. The van der Waals surface area contributed by atoms with Gasteiger partial charge in [-0.2, -0.15) is 0 Å². The van der Waals surface area contributed by atoms with Crippen molar-refractivity contribution < 1.29 is 4.74 Å². The van der Waals surface area contributed by atoms with Crippen molar-refractivity contribution in [1.29, 1.82) is 0 Å². The molecule has 82 valence electrons. The zero-order chi connectivity index (χ0) is 11.4. The lowest BCUT2D eigenvalue weighted by molar-refractivity contribution is 0.415. The molecule has 0 radical (unpaired) electrons. The number of nitrogen functional groups attached to an aromatic ring is 1. The Morgan fingerprint density at radius 2 is 1.81 bits per heavy atom. The van der Waals surface area contributed by atoms with Crippen molar-refractivity contribution in [1.82, 2.24) is 9.97 Å². The Morgan fingerprint density at radius 1 is 1.12 bits per heavy atom. The molecule has 16 heavy (non-hydrogen) atoms. The van der Waals surface area contributed by atoms with E-state index in [1.165, 1.54) is 0 Å². The van der Waals surface area contributed by atoms with Crippen LogP contribution in [-0.2, 0) is 0 Å². The molecule has 2 aromatic rings. The van der Waals surface area contributed by atoms with E-state index in [1.807, 2.05) is 24.3 Å². The highest BCUT2D eigenvalue weighted by atomic mass is 16.5. The fourth-order valence-electron chi connectivity index (χ4n) is 1.26. The lowest BCUT2D eigenvalue weighted by atomic mass is 10.3. The van der Waals surface area contributed by atoms with E-state index in [1.54, 1.807) is 19.5 Å². The summed E-state index contributed by atoms with van der Waals surface area (Å²) >= 11 is 0. The summed E-state index contributed by atoms with van der Waals surface area (Å²) in [5.74, 6) is 1.73. The van der Waals surface area contributed by atoms with Crippen molar-refractivity contribution in [2.45, 2.75) is 0 Å². The summed E-state index contributed by atoms with van der Waals surface area (Å²) in [6.07, 6.45) is 3.14. The Kier molecular flexibility index (Phi) is 2.86. The molecule has 5 heteroatoms. The number of rotatable bonds is 3. The largest absolute Gasteiger partial charge is 0.497 e. The maximum Gasteiger partial charge on any atom is 0.173 e. The van der Waals surface area contributed by atoms with Gasteiger partial charge in [0.2, 0.25) is 0 Å². The fourth-order valence-corrected chi connectivity index (χ4v) is 1.26. The third-order valence-electron chi connectivity index (χ3n) is 2.08. The average Bonchev–Trinajstić information content (AvgIpc) is 2.33. The van der Waals surface area contributed by atoms with Gasteiger partial charge in [0.15, 0.2) is 11.6 Å². The predicted octanol–water partition coefficient (Wildman–Crippen LogP) is 1.81. The maximum absolute atomic E-state index is 5.66. The lowest BCUT2D eigenvalue weighted by Gasteiger charge is -2.07. The van der Waals surface area contributed by atoms with Gasteiger partial charge in [-0.05, 0) is 24.3 Å². The fraction of sp³-hybridized carbons (Fsp3) is 0.0909. The first-order chi connectivity index (χ1) is 7.79. The van der Waals surface area contributed by atoms with Gasteiger partial charge in [0, 0.05) is 18.1 Å². The predicted molar refractivity (Wildman–Crippen MR) is 62.7 cm³/mol. The highest BCUT2D eigenvalue weighted by Gasteiger charge is 2.01. The highest BCUT2D eigenvalue weighted by molar-refractivity contribution is 5.65. The number of hydrogen-bond donors (Lipinski definition) is 2. The molecule has 3 N–H and O–H groups in total. The molecular formula is C11H12N4O. The topological polar surface area (TPSA) is 73.1 Å². The molecule has 1 heterocycles. The number of hydrogen-bond acceptors (Lipinski definition) is 5. The van der Waals surface area contributed by atoms with Gasteiger partial charge in [-0.3, -0.25) is 0 Å². The van der Waals surface area contributed by atoms with Gasteiger partial charge in [0.25, 0.3) is 0 Å². The second-order valence-electron chi connectivity index (χ2n) is 3.14. The van der Waals surface area contributed by atoms with Crippen LogP contribution in [0.5, 0.6) is 5.75 Å². The summed E-state index contributed by atoms with van der Waals surface area (Å²) in [5, 5.41) is 3.07. The molecule has 2 rings (SSSR count). The monoisotopic (exact) mass is 216 g/mol. The van der Waals surface area contributed by atoms with Gasteiger partial charge in [-0.25, -0.2) is 9.97 Å². The van der Waals surface area contributed by atoms with Crippen LogP contribution in [0, 0.1) is 0 Å². The molecular weight excluding hydrogens is 204 g/mol. The van der Waals surface area contributed by atoms with Crippen LogP contribution in [-0.4, -0.2) is 17.1 Å². The molecule has 0 amide bonds. The number of benzene rings is 1. The van der Waals surface area contributed by atoms with Gasteiger partial charge in [0.1, 0.15) is 5.75 Å². The minimum absolute atomic E-state index is 0.373. The molecule has 0 aliphatic heterocycles. The van der Waals surface area contributed by atoms with Gasteiger partial charge < -0.3 is 15.8 Å². The van der Waals surface area contributed by atoms with Crippen LogP contribution in [0.4, 0.5) is 17.3 Å². The number of nitrogens with two attached hydrogens (primary N) is 1. The summed E-state index contributed by atoms with van der Waals surface area (Å²) < 4.78 is 5.06. The number of nitrogens with one attached hydrogen (secondary N) is 1. The number of aromatic nitrogens is 2. The Morgan fingerprint density at radius 3 is 2.44 bits per heavy atom. The summed E-state index contributed by atoms with van der Waals surface area (Å²) in [6, 6.07) is 7.48. The number of nitrogens with zero attached hydrogens (tertiary/aromatic N) is 2. The van der Waals surface area contributed by atoms with Gasteiger partial charge in [0.05, 0.1) is 7.11 Å². The summed E-state index contributed by atoms with van der Waals surface area (Å²) in [6.45, 7) is 0. The normalized spacial score (nSPS) is 9.81. The van der Waals surface area contributed by atoms with Crippen molar-refractivity contribution in [2.24, 2.45) is 0 Å². The molecule has 0 aliphatic rings. The van der Waals surface area contributed by atoms with Crippen LogP contribution >= 0.6 is 0 Å². The molecule has 0 saturated carbocycles. The standard InChI is InChI=1S/C11H12N4O/c1-16-9-4-2-8(3-5-9)15-11-10(12)13-6-7-14-11/h2-7H,1H3,(H2,12,13)(H,14,15). The first-order valence-electron chi connectivity index (χ1n) is 4.77. The molecule has 0 saturated heterocycles. The summed E-state index contributed by atoms with van der Waals surface area (Å²) in [5.41, 5.74) is 6.55. The first kappa shape index (κ1) is 10.2. The lowest BCUT2D eigenvalue weighted by Crippen LogP contribution is -2.00. The quantitative estimate of drug-likeness (QED) is 0.818. The van der Waals surface area contributed by atoms with Gasteiger partial charge in [-0.15, -0.1) is 0 Å². The van der Waals surface area contributed by atoms with Crippen LogP contribution in [0.3, 0.4) is 0 Å². The van der Waals surface area contributed by atoms with E-state index in [0.29, 0.717) is 11.6 Å². The minimum atomic E-state index is 0.373. The Bertz CT molecular complexity index is 470. The second kappa shape index (κ2) is 4.48. The first-order valence-corrected chi connectivity index (χ1v) is 4.77. The van der Waals surface area contributed by atoms with Crippen LogP contribution in [0.25, 0.3) is 0 Å².